The van der Waals surface area contributed by atoms with Gasteiger partial charge in [0.05, 0.1) is 12.1 Å². The normalized spacial score (nSPS) is 13.4. The van der Waals surface area contributed by atoms with E-state index in [0.717, 1.165) is 12.8 Å². The van der Waals surface area contributed by atoms with Crippen molar-refractivity contribution in [3.05, 3.63) is 0 Å². The van der Waals surface area contributed by atoms with Crippen molar-refractivity contribution in [3.8, 4) is 0 Å². The van der Waals surface area contributed by atoms with Gasteiger partial charge in [-0.2, -0.15) is 17.4 Å². The number of rotatable bonds is 8. The van der Waals surface area contributed by atoms with Gasteiger partial charge in [0, 0.05) is 13.1 Å². The molecule has 0 aromatic rings. The van der Waals surface area contributed by atoms with Crippen LogP contribution in [0.2, 0.25) is 0 Å². The molecule has 6 heteroatoms. The van der Waals surface area contributed by atoms with Crippen LogP contribution in [0, 0.1) is 0 Å². The van der Waals surface area contributed by atoms with Gasteiger partial charge >= 0.3 is 0 Å². The molecule has 5 nitrogen and oxygen atoms in total. The van der Waals surface area contributed by atoms with Gasteiger partial charge in [0.25, 0.3) is 10.2 Å². The zero-order valence-electron chi connectivity index (χ0n) is 10.7. The van der Waals surface area contributed by atoms with Crippen molar-refractivity contribution < 1.29 is 13.5 Å². The lowest BCUT2D eigenvalue weighted by atomic mass is 10.1. The van der Waals surface area contributed by atoms with Gasteiger partial charge in [-0.05, 0) is 26.7 Å². The molecule has 0 saturated carbocycles. The molecule has 0 heterocycles. The molecule has 0 aliphatic heterocycles. The number of hydrogen-bond donors (Lipinski definition) is 2. The highest BCUT2D eigenvalue weighted by Gasteiger charge is 2.28. The maximum Gasteiger partial charge on any atom is 0.280 e. The summed E-state index contributed by atoms with van der Waals surface area (Å²) in [6, 6.07) is 0. The molecule has 0 radical (unpaired) electrons. The van der Waals surface area contributed by atoms with Gasteiger partial charge in [0.2, 0.25) is 0 Å². The van der Waals surface area contributed by atoms with Crippen molar-refractivity contribution in [2.75, 3.05) is 19.7 Å². The summed E-state index contributed by atoms with van der Waals surface area (Å²) in [6.07, 6.45) is 1.56. The van der Waals surface area contributed by atoms with Crippen molar-refractivity contribution in [2.24, 2.45) is 0 Å². The summed E-state index contributed by atoms with van der Waals surface area (Å²) in [6.45, 7) is 7.97. The van der Waals surface area contributed by atoms with Crippen molar-refractivity contribution in [1.29, 1.82) is 0 Å². The number of nitrogens with zero attached hydrogens (tertiary/aromatic N) is 1. The molecule has 0 aliphatic rings. The molecule has 0 spiro atoms. The number of nitrogens with one attached hydrogen (secondary N) is 1. The van der Waals surface area contributed by atoms with E-state index in [9.17, 15) is 8.42 Å². The van der Waals surface area contributed by atoms with Crippen LogP contribution in [0.4, 0.5) is 0 Å². The second-order valence-corrected chi connectivity index (χ2v) is 6.22. The Morgan fingerprint density at radius 3 is 1.94 bits per heavy atom. The molecular formula is C10H24N2O3S. The smallest absolute Gasteiger partial charge is 0.280 e. The largest absolute Gasteiger partial charge is 0.394 e. The van der Waals surface area contributed by atoms with E-state index in [4.69, 9.17) is 5.11 Å². The number of hydrogen-bond acceptors (Lipinski definition) is 3. The van der Waals surface area contributed by atoms with E-state index in [2.05, 4.69) is 4.72 Å². The fraction of sp³-hybridized carbons (Fsp3) is 1.00. The van der Waals surface area contributed by atoms with E-state index in [1.807, 2.05) is 13.8 Å². The van der Waals surface area contributed by atoms with Crippen molar-refractivity contribution in [1.82, 2.24) is 9.03 Å². The molecule has 0 aliphatic carbocycles. The molecule has 0 aromatic heterocycles. The first kappa shape index (κ1) is 15.8. The molecule has 0 atom stereocenters. The predicted molar refractivity (Wildman–Crippen MR) is 65.4 cm³/mol. The zero-order valence-corrected chi connectivity index (χ0v) is 11.5. The second kappa shape index (κ2) is 6.54. The zero-order chi connectivity index (χ0) is 12.8. The predicted octanol–water partition coefficient (Wildman–Crippen LogP) is 0.714. The summed E-state index contributed by atoms with van der Waals surface area (Å²) < 4.78 is 27.9. The third-order valence-electron chi connectivity index (χ3n) is 2.09. The van der Waals surface area contributed by atoms with Crippen molar-refractivity contribution >= 4 is 10.2 Å². The highest BCUT2D eigenvalue weighted by Crippen LogP contribution is 2.08. The first-order chi connectivity index (χ1) is 7.29. The standard InChI is InChI=1S/C10H24N2O3S/c1-5-7-12(8-6-2)16(14,15)11-10(3,4)9-13/h11,13H,5-9H2,1-4H3. The lowest BCUT2D eigenvalue weighted by Crippen LogP contribution is -2.52. The first-order valence-electron chi connectivity index (χ1n) is 5.69. The summed E-state index contributed by atoms with van der Waals surface area (Å²) in [5.74, 6) is 0. The first-order valence-corrected chi connectivity index (χ1v) is 7.13. The van der Waals surface area contributed by atoms with Crippen LogP contribution in [-0.2, 0) is 10.2 Å². The monoisotopic (exact) mass is 252 g/mol. The van der Waals surface area contributed by atoms with Crippen LogP contribution in [0.15, 0.2) is 0 Å². The average molecular weight is 252 g/mol. The molecule has 0 rings (SSSR count). The Morgan fingerprint density at radius 1 is 1.19 bits per heavy atom. The second-order valence-electron chi connectivity index (χ2n) is 4.55. The van der Waals surface area contributed by atoms with Gasteiger partial charge in [-0.3, -0.25) is 0 Å². The molecule has 2 N–H and O–H groups in total. The van der Waals surface area contributed by atoms with E-state index < -0.39 is 15.7 Å². The number of aliphatic hydroxyl groups excluding tert-OH is 1. The van der Waals surface area contributed by atoms with Gasteiger partial charge in [-0.25, -0.2) is 0 Å². The van der Waals surface area contributed by atoms with Gasteiger partial charge in [0.15, 0.2) is 0 Å². The molecule has 0 unspecified atom stereocenters. The van der Waals surface area contributed by atoms with Crippen molar-refractivity contribution in [2.45, 2.75) is 46.1 Å². The minimum atomic E-state index is -3.49. The summed E-state index contributed by atoms with van der Waals surface area (Å²) >= 11 is 0. The third kappa shape index (κ3) is 5.25. The molecule has 0 saturated heterocycles. The Bertz CT molecular complexity index is 282. The summed E-state index contributed by atoms with van der Waals surface area (Å²) in [5.41, 5.74) is -0.821. The maximum absolute atomic E-state index is 12.0. The lowest BCUT2D eigenvalue weighted by molar-refractivity contribution is 0.205. The van der Waals surface area contributed by atoms with Crippen LogP contribution in [0.1, 0.15) is 40.5 Å². The Balaban J connectivity index is 4.72. The minimum Gasteiger partial charge on any atom is -0.394 e. The van der Waals surface area contributed by atoms with E-state index in [0.29, 0.717) is 13.1 Å². The molecule has 16 heavy (non-hydrogen) atoms. The van der Waals surface area contributed by atoms with Crippen molar-refractivity contribution in [3.63, 3.8) is 0 Å². The van der Waals surface area contributed by atoms with Crippen LogP contribution in [-0.4, -0.2) is 43.1 Å². The quantitative estimate of drug-likeness (QED) is 0.668. The van der Waals surface area contributed by atoms with E-state index in [1.165, 1.54) is 4.31 Å². The van der Waals surface area contributed by atoms with Crippen LogP contribution in [0.3, 0.4) is 0 Å². The van der Waals surface area contributed by atoms with Gasteiger partial charge in [-0.15, -0.1) is 0 Å². The molecule has 0 amide bonds. The highest BCUT2D eigenvalue weighted by atomic mass is 32.2. The summed E-state index contributed by atoms with van der Waals surface area (Å²) in [5, 5.41) is 9.05. The van der Waals surface area contributed by atoms with Gasteiger partial charge < -0.3 is 5.11 Å². The third-order valence-corrected chi connectivity index (χ3v) is 3.94. The van der Waals surface area contributed by atoms with Crippen LogP contribution >= 0.6 is 0 Å². The highest BCUT2D eigenvalue weighted by molar-refractivity contribution is 7.87. The van der Waals surface area contributed by atoms with Crippen LogP contribution < -0.4 is 4.72 Å². The Morgan fingerprint density at radius 2 is 1.62 bits per heavy atom. The SMILES string of the molecule is CCCN(CCC)S(=O)(=O)NC(C)(C)CO. The van der Waals surface area contributed by atoms with Gasteiger partial charge in [0.1, 0.15) is 0 Å². The Hall–Kier alpha value is -0.170. The van der Waals surface area contributed by atoms with Gasteiger partial charge in [-0.1, -0.05) is 13.8 Å². The van der Waals surface area contributed by atoms with Crippen LogP contribution in [0.5, 0.6) is 0 Å². The Labute approximate surface area is 99.0 Å². The number of aliphatic hydroxyl groups is 1. The molecule has 0 fully saturated rings. The molecule has 0 aromatic carbocycles. The molecular weight excluding hydrogens is 228 g/mol. The Kier molecular flexibility index (Phi) is 6.47. The fourth-order valence-corrected chi connectivity index (χ4v) is 3.03. The minimum absolute atomic E-state index is 0.224. The van der Waals surface area contributed by atoms with E-state index >= 15 is 0 Å². The fourth-order valence-electron chi connectivity index (χ4n) is 1.30. The van der Waals surface area contributed by atoms with E-state index in [1.54, 1.807) is 13.8 Å². The maximum atomic E-state index is 12.0. The molecule has 0 bridgehead atoms. The van der Waals surface area contributed by atoms with Crippen LogP contribution in [0.25, 0.3) is 0 Å². The topological polar surface area (TPSA) is 69.6 Å². The summed E-state index contributed by atoms with van der Waals surface area (Å²) in [7, 11) is -3.49. The lowest BCUT2D eigenvalue weighted by Gasteiger charge is -2.28. The molecule has 98 valence electrons. The van der Waals surface area contributed by atoms with E-state index in [-0.39, 0.29) is 6.61 Å². The summed E-state index contributed by atoms with van der Waals surface area (Å²) in [4.78, 5) is 0. The average Bonchev–Trinajstić information content (AvgIpc) is 2.16.